The summed E-state index contributed by atoms with van der Waals surface area (Å²) in [5, 5.41) is 9.15. The highest BCUT2D eigenvalue weighted by molar-refractivity contribution is 5.86. The first-order valence-electron chi connectivity index (χ1n) is 8.02. The Labute approximate surface area is 134 Å². The number of rotatable bonds is 6. The average molecular weight is 322 g/mol. The Balaban J connectivity index is 1.67. The lowest BCUT2D eigenvalue weighted by Gasteiger charge is -2.40. The lowest BCUT2D eigenvalue weighted by atomic mass is 10.1. The lowest BCUT2D eigenvalue weighted by molar-refractivity contribution is -0.151. The highest BCUT2D eigenvalue weighted by Gasteiger charge is 2.37. The molecule has 2 aliphatic rings. The fourth-order valence-corrected chi connectivity index (χ4v) is 3.27. The number of amides is 1. The first-order valence-corrected chi connectivity index (χ1v) is 8.02. The van der Waals surface area contributed by atoms with Gasteiger partial charge in [-0.15, -0.1) is 0 Å². The van der Waals surface area contributed by atoms with Crippen molar-refractivity contribution in [1.82, 2.24) is 9.80 Å². The summed E-state index contributed by atoms with van der Waals surface area (Å²) in [5.74, 6) is -0.353. The zero-order chi connectivity index (χ0) is 16.2. The molecule has 0 saturated carbocycles. The van der Waals surface area contributed by atoms with E-state index in [1.165, 1.54) is 0 Å². The number of piperazine rings is 1. The molecule has 2 saturated heterocycles. The molecule has 0 aliphatic carbocycles. The smallest absolute Gasteiger partial charge is 0.305 e. The number of nitrogens with zero attached hydrogens (tertiary/aromatic N) is 2. The summed E-state index contributed by atoms with van der Waals surface area (Å²) in [6.45, 7) is 2.98. The molecule has 2 fully saturated rings. The minimum absolute atomic E-state index is 0.0843. The van der Waals surface area contributed by atoms with Crippen LogP contribution in [0.25, 0.3) is 0 Å². The first kappa shape index (κ1) is 16.0. The van der Waals surface area contributed by atoms with Gasteiger partial charge in [0.1, 0.15) is 11.8 Å². The summed E-state index contributed by atoms with van der Waals surface area (Å²) in [4.78, 5) is 27.5. The molecule has 1 N–H and O–H groups in total. The number of carboxylic acids is 1. The fourth-order valence-electron chi connectivity index (χ4n) is 3.27. The van der Waals surface area contributed by atoms with Crippen LogP contribution in [-0.2, 0) is 20.9 Å². The topological polar surface area (TPSA) is 83.2 Å². The maximum absolute atomic E-state index is 12.7. The monoisotopic (exact) mass is 322 g/mol. The van der Waals surface area contributed by atoms with Crippen molar-refractivity contribution in [2.75, 3.05) is 26.2 Å². The minimum atomic E-state index is -0.966. The summed E-state index contributed by atoms with van der Waals surface area (Å²) in [6.07, 6.45) is 3.46. The van der Waals surface area contributed by atoms with Crippen molar-refractivity contribution in [1.29, 1.82) is 0 Å². The molecule has 3 heterocycles. The van der Waals surface area contributed by atoms with Crippen LogP contribution in [-0.4, -0.2) is 65.2 Å². The number of hydrogen-bond donors (Lipinski definition) is 1. The Kier molecular flexibility index (Phi) is 4.97. The van der Waals surface area contributed by atoms with Gasteiger partial charge in [0.15, 0.2) is 0 Å². The van der Waals surface area contributed by atoms with E-state index in [2.05, 4.69) is 0 Å². The van der Waals surface area contributed by atoms with Crippen molar-refractivity contribution in [2.24, 2.45) is 0 Å². The molecule has 2 atom stereocenters. The third-order valence-corrected chi connectivity index (χ3v) is 4.45. The van der Waals surface area contributed by atoms with Gasteiger partial charge in [0.2, 0.25) is 5.91 Å². The van der Waals surface area contributed by atoms with E-state index in [9.17, 15) is 9.59 Å². The molecule has 23 heavy (non-hydrogen) atoms. The van der Waals surface area contributed by atoms with E-state index in [4.69, 9.17) is 14.3 Å². The van der Waals surface area contributed by atoms with Gasteiger partial charge in [0.25, 0.3) is 0 Å². The van der Waals surface area contributed by atoms with Gasteiger partial charge < -0.3 is 19.2 Å². The number of carboxylic acid groups (broad SMARTS) is 1. The maximum Gasteiger partial charge on any atom is 0.305 e. The summed E-state index contributed by atoms with van der Waals surface area (Å²) in [7, 11) is 0. The van der Waals surface area contributed by atoms with Crippen LogP contribution >= 0.6 is 0 Å². The number of hydrogen-bond acceptors (Lipinski definition) is 5. The molecule has 1 aromatic heterocycles. The third-order valence-electron chi connectivity index (χ3n) is 4.45. The summed E-state index contributed by atoms with van der Waals surface area (Å²) < 4.78 is 10.9. The van der Waals surface area contributed by atoms with Crippen molar-refractivity contribution in [2.45, 2.75) is 38.0 Å². The normalized spacial score (nSPS) is 25.9. The number of ether oxygens (including phenoxy) is 1. The second-order valence-corrected chi connectivity index (χ2v) is 6.08. The molecule has 7 heteroatoms. The molecule has 1 amide bonds. The molecule has 3 rings (SSSR count). The highest BCUT2D eigenvalue weighted by atomic mass is 16.5. The SMILES string of the molecule is O=C(O)CC1C(=O)N(CC2CCCO2)CCN1Cc1ccco1. The van der Waals surface area contributed by atoms with E-state index in [1.54, 1.807) is 17.2 Å². The van der Waals surface area contributed by atoms with Gasteiger partial charge in [-0.2, -0.15) is 0 Å². The van der Waals surface area contributed by atoms with Crippen LogP contribution in [0.5, 0.6) is 0 Å². The van der Waals surface area contributed by atoms with Crippen LogP contribution in [0.1, 0.15) is 25.0 Å². The summed E-state index contributed by atoms with van der Waals surface area (Å²) in [5.41, 5.74) is 0. The number of carbonyl (C=O) groups excluding carboxylic acids is 1. The molecule has 126 valence electrons. The van der Waals surface area contributed by atoms with Crippen LogP contribution in [0.3, 0.4) is 0 Å². The Bertz CT molecular complexity index is 539. The van der Waals surface area contributed by atoms with E-state index < -0.39 is 12.0 Å². The van der Waals surface area contributed by atoms with Crippen molar-refractivity contribution >= 4 is 11.9 Å². The van der Waals surface area contributed by atoms with Crippen molar-refractivity contribution in [3.63, 3.8) is 0 Å². The fraction of sp³-hybridized carbons (Fsp3) is 0.625. The molecule has 0 radical (unpaired) electrons. The van der Waals surface area contributed by atoms with Crippen LogP contribution in [0.15, 0.2) is 22.8 Å². The molecule has 2 unspecified atom stereocenters. The first-order chi connectivity index (χ1) is 11.1. The second-order valence-electron chi connectivity index (χ2n) is 6.08. The molecule has 0 spiro atoms. The van der Waals surface area contributed by atoms with Crippen LogP contribution in [0.2, 0.25) is 0 Å². The van der Waals surface area contributed by atoms with Crippen LogP contribution in [0, 0.1) is 0 Å². The van der Waals surface area contributed by atoms with Gasteiger partial charge in [0, 0.05) is 26.2 Å². The van der Waals surface area contributed by atoms with Crippen molar-refractivity contribution in [3.8, 4) is 0 Å². The second kappa shape index (κ2) is 7.14. The Morgan fingerprint density at radius 1 is 1.39 bits per heavy atom. The van der Waals surface area contributed by atoms with E-state index in [0.717, 1.165) is 25.2 Å². The number of carbonyl (C=O) groups is 2. The van der Waals surface area contributed by atoms with Gasteiger partial charge in [0.05, 0.1) is 25.3 Å². The van der Waals surface area contributed by atoms with Crippen LogP contribution in [0.4, 0.5) is 0 Å². The van der Waals surface area contributed by atoms with Gasteiger partial charge in [-0.25, -0.2) is 0 Å². The lowest BCUT2D eigenvalue weighted by Crippen LogP contribution is -2.58. The highest BCUT2D eigenvalue weighted by Crippen LogP contribution is 2.21. The quantitative estimate of drug-likeness (QED) is 0.839. The molecule has 0 aromatic carbocycles. The van der Waals surface area contributed by atoms with Gasteiger partial charge in [-0.05, 0) is 25.0 Å². The number of aliphatic carboxylic acids is 1. The van der Waals surface area contributed by atoms with Gasteiger partial charge in [-0.3, -0.25) is 14.5 Å². The molecule has 7 nitrogen and oxygen atoms in total. The maximum atomic E-state index is 12.7. The molecule has 0 bridgehead atoms. The largest absolute Gasteiger partial charge is 0.481 e. The Hall–Kier alpha value is -1.86. The summed E-state index contributed by atoms with van der Waals surface area (Å²) >= 11 is 0. The standard InChI is InChI=1S/C16H22N2O5/c19-15(20)9-14-16(21)18(11-13-4-2-8-23-13)6-5-17(14)10-12-3-1-7-22-12/h1,3,7,13-14H,2,4-6,8-11H2,(H,19,20). The Morgan fingerprint density at radius 2 is 2.26 bits per heavy atom. The van der Waals surface area contributed by atoms with Gasteiger partial charge >= 0.3 is 5.97 Å². The van der Waals surface area contributed by atoms with Gasteiger partial charge in [-0.1, -0.05) is 0 Å². The minimum Gasteiger partial charge on any atom is -0.481 e. The zero-order valence-corrected chi connectivity index (χ0v) is 13.0. The predicted octanol–water partition coefficient (Wildman–Crippen LogP) is 0.946. The summed E-state index contributed by atoms with van der Waals surface area (Å²) in [6, 6.07) is 2.98. The van der Waals surface area contributed by atoms with Crippen molar-refractivity contribution in [3.05, 3.63) is 24.2 Å². The third kappa shape index (κ3) is 3.92. The molecular weight excluding hydrogens is 300 g/mol. The number of furan rings is 1. The zero-order valence-electron chi connectivity index (χ0n) is 13.0. The van der Waals surface area contributed by atoms with E-state index in [1.807, 2.05) is 11.0 Å². The molecular formula is C16H22N2O5. The average Bonchev–Trinajstić information content (AvgIpc) is 3.19. The molecule has 2 aliphatic heterocycles. The van der Waals surface area contributed by atoms with E-state index >= 15 is 0 Å². The molecule has 1 aromatic rings. The van der Waals surface area contributed by atoms with Crippen LogP contribution < -0.4 is 0 Å². The van der Waals surface area contributed by atoms with E-state index in [-0.39, 0.29) is 18.4 Å². The Morgan fingerprint density at radius 3 is 2.91 bits per heavy atom. The van der Waals surface area contributed by atoms with Crippen molar-refractivity contribution < 1.29 is 23.8 Å². The predicted molar refractivity (Wildman–Crippen MR) is 80.7 cm³/mol. The van der Waals surface area contributed by atoms with E-state index in [0.29, 0.717) is 26.2 Å².